The number of thiophene rings is 1. The molecule has 0 saturated heterocycles. The molecule has 0 spiro atoms. The number of carboxylic acids is 1. The lowest BCUT2D eigenvalue weighted by Crippen LogP contribution is -2.41. The summed E-state index contributed by atoms with van der Waals surface area (Å²) in [6.07, 6.45) is 1.53. The highest BCUT2D eigenvalue weighted by Gasteiger charge is 2.17. The molecular weight excluding hydrogens is 398 g/mol. The molecule has 3 heterocycles. The molecule has 0 bridgehead atoms. The van der Waals surface area contributed by atoms with Gasteiger partial charge in [-0.2, -0.15) is 0 Å². The predicted octanol–water partition coefficient (Wildman–Crippen LogP) is 0.766. The number of hydrogen-bond acceptors (Lipinski definition) is 6. The van der Waals surface area contributed by atoms with Crippen molar-refractivity contribution in [2.24, 2.45) is 7.05 Å². The highest BCUT2D eigenvalue weighted by atomic mass is 32.1. The summed E-state index contributed by atoms with van der Waals surface area (Å²) in [6.45, 7) is 0.00407. The SMILES string of the molecule is Cn1c(=O)n(CCNC(=O)c2ccc3[nH]cnc3c2)c(=O)c2cc(C(=O)O)sc21. The number of carbonyl (C=O) groups is 2. The third-order valence-electron chi connectivity index (χ3n) is 4.53. The van der Waals surface area contributed by atoms with Crippen LogP contribution in [0.25, 0.3) is 21.3 Å². The third kappa shape index (κ3) is 3.21. The molecule has 0 unspecified atom stereocenters. The molecule has 0 atom stereocenters. The van der Waals surface area contributed by atoms with Crippen molar-refractivity contribution in [3.63, 3.8) is 0 Å². The summed E-state index contributed by atoms with van der Waals surface area (Å²) in [7, 11) is 1.47. The maximum Gasteiger partial charge on any atom is 0.345 e. The number of nitrogens with zero attached hydrogens (tertiary/aromatic N) is 3. The molecule has 11 heteroatoms. The Morgan fingerprint density at radius 2 is 2.07 bits per heavy atom. The molecular formula is C18H15N5O5S. The Kier molecular flexibility index (Phi) is 4.51. The van der Waals surface area contributed by atoms with Gasteiger partial charge in [0.25, 0.3) is 11.5 Å². The lowest BCUT2D eigenvalue weighted by atomic mass is 10.2. The number of hydrogen-bond donors (Lipinski definition) is 3. The van der Waals surface area contributed by atoms with Crippen molar-refractivity contribution in [1.29, 1.82) is 0 Å². The van der Waals surface area contributed by atoms with Gasteiger partial charge in [0, 0.05) is 25.7 Å². The number of carboxylic acid groups (broad SMARTS) is 1. The number of carbonyl (C=O) groups excluding carboxylic acids is 1. The molecule has 0 fully saturated rings. The highest BCUT2D eigenvalue weighted by Crippen LogP contribution is 2.21. The Balaban J connectivity index is 1.56. The van der Waals surface area contributed by atoms with Crippen molar-refractivity contribution in [1.82, 2.24) is 24.4 Å². The van der Waals surface area contributed by atoms with E-state index >= 15 is 0 Å². The van der Waals surface area contributed by atoms with Gasteiger partial charge < -0.3 is 15.4 Å². The van der Waals surface area contributed by atoms with Crippen LogP contribution in [-0.4, -0.2) is 42.6 Å². The van der Waals surface area contributed by atoms with E-state index in [-0.39, 0.29) is 29.3 Å². The quantitative estimate of drug-likeness (QED) is 0.442. The van der Waals surface area contributed by atoms with E-state index in [0.29, 0.717) is 15.9 Å². The number of aryl methyl sites for hydroxylation is 1. The van der Waals surface area contributed by atoms with Gasteiger partial charge in [0.2, 0.25) is 0 Å². The number of rotatable bonds is 5. The number of nitrogens with one attached hydrogen (secondary N) is 2. The number of aromatic nitrogens is 4. The number of amides is 1. The smallest absolute Gasteiger partial charge is 0.345 e. The second-order valence-electron chi connectivity index (χ2n) is 6.32. The van der Waals surface area contributed by atoms with Gasteiger partial charge in [-0.25, -0.2) is 14.6 Å². The molecule has 1 amide bonds. The van der Waals surface area contributed by atoms with E-state index in [4.69, 9.17) is 5.11 Å². The van der Waals surface area contributed by atoms with Gasteiger partial charge in [-0.1, -0.05) is 0 Å². The lowest BCUT2D eigenvalue weighted by Gasteiger charge is -2.09. The van der Waals surface area contributed by atoms with Crippen molar-refractivity contribution < 1.29 is 14.7 Å². The van der Waals surface area contributed by atoms with Crippen LogP contribution in [0.4, 0.5) is 0 Å². The molecule has 29 heavy (non-hydrogen) atoms. The monoisotopic (exact) mass is 413 g/mol. The summed E-state index contributed by atoms with van der Waals surface area (Å²) in [5, 5.41) is 12.0. The van der Waals surface area contributed by atoms with Crippen molar-refractivity contribution in [3.8, 4) is 0 Å². The average Bonchev–Trinajstić information content (AvgIpc) is 3.35. The van der Waals surface area contributed by atoms with Crippen LogP contribution in [-0.2, 0) is 13.6 Å². The molecule has 0 aliphatic rings. The summed E-state index contributed by atoms with van der Waals surface area (Å²) < 4.78 is 2.22. The molecule has 0 radical (unpaired) electrons. The Morgan fingerprint density at radius 3 is 2.83 bits per heavy atom. The minimum Gasteiger partial charge on any atom is -0.477 e. The van der Waals surface area contributed by atoms with Crippen LogP contribution in [0, 0.1) is 0 Å². The van der Waals surface area contributed by atoms with Gasteiger partial charge >= 0.3 is 11.7 Å². The first kappa shape index (κ1) is 18.6. The van der Waals surface area contributed by atoms with Crippen molar-refractivity contribution in [3.05, 3.63) is 61.9 Å². The van der Waals surface area contributed by atoms with E-state index in [1.807, 2.05) is 0 Å². The van der Waals surface area contributed by atoms with E-state index in [2.05, 4.69) is 15.3 Å². The van der Waals surface area contributed by atoms with E-state index in [1.54, 1.807) is 18.2 Å². The summed E-state index contributed by atoms with van der Waals surface area (Å²) in [5.74, 6) is -1.52. The Hall–Kier alpha value is -3.73. The molecule has 0 aliphatic heterocycles. The van der Waals surface area contributed by atoms with Gasteiger partial charge in [0.05, 0.1) is 22.7 Å². The van der Waals surface area contributed by atoms with Gasteiger partial charge in [-0.05, 0) is 24.3 Å². The maximum atomic E-state index is 12.6. The first-order chi connectivity index (χ1) is 13.9. The number of aromatic amines is 1. The fraction of sp³-hybridized carbons (Fsp3) is 0.167. The minimum absolute atomic E-state index is 0.0214. The molecule has 1 aromatic carbocycles. The second kappa shape index (κ2) is 7.02. The molecule has 4 aromatic rings. The van der Waals surface area contributed by atoms with Gasteiger partial charge in [0.1, 0.15) is 9.71 Å². The zero-order valence-electron chi connectivity index (χ0n) is 15.1. The summed E-state index contributed by atoms with van der Waals surface area (Å²) in [6, 6.07) is 6.28. The topological polar surface area (TPSA) is 139 Å². The first-order valence-electron chi connectivity index (χ1n) is 8.55. The molecule has 4 rings (SSSR count). The Bertz CT molecular complexity index is 1390. The van der Waals surface area contributed by atoms with Crippen molar-refractivity contribution in [2.45, 2.75) is 6.54 Å². The number of imidazole rings is 1. The first-order valence-corrected chi connectivity index (χ1v) is 9.36. The van der Waals surface area contributed by atoms with Crippen molar-refractivity contribution >= 4 is 44.5 Å². The van der Waals surface area contributed by atoms with Gasteiger partial charge in [-0.15, -0.1) is 11.3 Å². The molecule has 0 aliphatic carbocycles. The number of aromatic carboxylic acids is 1. The second-order valence-corrected chi connectivity index (χ2v) is 7.35. The number of fused-ring (bicyclic) bond motifs is 2. The maximum absolute atomic E-state index is 12.6. The highest BCUT2D eigenvalue weighted by molar-refractivity contribution is 7.20. The molecule has 3 aromatic heterocycles. The van der Waals surface area contributed by atoms with Crippen LogP contribution >= 0.6 is 11.3 Å². The van der Waals surface area contributed by atoms with Crippen LogP contribution in [0.5, 0.6) is 0 Å². The van der Waals surface area contributed by atoms with Crippen LogP contribution in [0.15, 0.2) is 40.2 Å². The van der Waals surface area contributed by atoms with E-state index < -0.39 is 17.2 Å². The summed E-state index contributed by atoms with van der Waals surface area (Å²) in [5.41, 5.74) is 0.707. The largest absolute Gasteiger partial charge is 0.477 e. The van der Waals surface area contributed by atoms with Crippen LogP contribution in [0.1, 0.15) is 20.0 Å². The Labute approximate surface area is 166 Å². The molecule has 3 N–H and O–H groups in total. The van der Waals surface area contributed by atoms with Crippen molar-refractivity contribution in [2.75, 3.05) is 6.54 Å². The normalized spacial score (nSPS) is 11.2. The summed E-state index contributed by atoms with van der Waals surface area (Å²) in [4.78, 5) is 56.0. The van der Waals surface area contributed by atoms with E-state index in [1.165, 1.54) is 24.0 Å². The van der Waals surface area contributed by atoms with Crippen LogP contribution in [0.3, 0.4) is 0 Å². The summed E-state index contributed by atoms with van der Waals surface area (Å²) >= 11 is 0.869. The van der Waals surface area contributed by atoms with Gasteiger partial charge in [-0.3, -0.25) is 18.7 Å². The Morgan fingerprint density at radius 1 is 1.28 bits per heavy atom. The predicted molar refractivity (Wildman–Crippen MR) is 107 cm³/mol. The van der Waals surface area contributed by atoms with Gasteiger partial charge in [0.15, 0.2) is 0 Å². The molecule has 10 nitrogen and oxygen atoms in total. The lowest BCUT2D eigenvalue weighted by molar-refractivity contribution is 0.0702. The standard InChI is InChI=1S/C18H15N5O5S/c1-22-16-10(7-13(29-16)17(26)27)15(25)23(18(22)28)5-4-19-14(24)9-2-3-11-12(6-9)21-8-20-11/h2-3,6-8H,4-5H2,1H3,(H,19,24)(H,20,21)(H,26,27). The van der Waals surface area contributed by atoms with E-state index in [0.717, 1.165) is 21.4 Å². The van der Waals surface area contributed by atoms with Crippen LogP contribution < -0.4 is 16.6 Å². The number of benzene rings is 1. The fourth-order valence-corrected chi connectivity index (χ4v) is 3.99. The average molecular weight is 413 g/mol. The minimum atomic E-state index is -1.16. The zero-order chi connectivity index (χ0) is 20.7. The van der Waals surface area contributed by atoms with Crippen LogP contribution in [0.2, 0.25) is 0 Å². The zero-order valence-corrected chi connectivity index (χ0v) is 15.9. The fourth-order valence-electron chi connectivity index (χ4n) is 3.04. The molecule has 0 saturated carbocycles. The van der Waals surface area contributed by atoms with E-state index in [9.17, 15) is 19.2 Å². The molecule has 148 valence electrons. The third-order valence-corrected chi connectivity index (χ3v) is 5.73. The number of H-pyrrole nitrogens is 1.